The Morgan fingerprint density at radius 2 is 1.47 bits per heavy atom. The highest BCUT2D eigenvalue weighted by Crippen LogP contribution is 2.49. The molecule has 0 heterocycles. The van der Waals surface area contributed by atoms with Crippen LogP contribution in [0, 0.1) is 0 Å². The zero-order valence-electron chi connectivity index (χ0n) is 10.4. The minimum absolute atomic E-state index is 0.411. The summed E-state index contributed by atoms with van der Waals surface area (Å²) in [5, 5.41) is 0. The zero-order valence-corrected chi connectivity index (χ0v) is 12.3. The van der Waals surface area contributed by atoms with E-state index in [1.54, 1.807) is 0 Å². The lowest BCUT2D eigenvalue weighted by Crippen LogP contribution is -2.36. The Balaban J connectivity index is 4.45. The molecule has 0 fully saturated rings. The summed E-state index contributed by atoms with van der Waals surface area (Å²) in [6.07, 6.45) is 0. The average molecular weight is 254 g/mol. The molecule has 0 aromatic carbocycles. The first-order valence-corrected chi connectivity index (χ1v) is 10.3. The van der Waals surface area contributed by atoms with Crippen LogP contribution in [-0.2, 0) is 18.0 Å². The molecule has 0 aromatic rings. The molecule has 0 rings (SSSR count). The van der Waals surface area contributed by atoms with Crippen molar-refractivity contribution in [2.75, 3.05) is 25.6 Å². The summed E-state index contributed by atoms with van der Waals surface area (Å²) in [4.78, 5) is 0. The topological polar surface area (TPSA) is 44.8 Å². The molecule has 0 bridgehead atoms. The van der Waals surface area contributed by atoms with E-state index in [0.717, 1.165) is 0 Å². The fourth-order valence-corrected chi connectivity index (χ4v) is 7.89. The van der Waals surface area contributed by atoms with E-state index >= 15 is 0 Å². The molecule has 0 aliphatic heterocycles. The first-order valence-electron chi connectivity index (χ1n) is 5.41. The standard InChI is InChI=1S/C9H23O4PSi/c1-6-11-14(10,12-7-2)9-15(4,5)13-8-3/h6-9H2,1-5H3. The molecule has 92 valence electrons. The first kappa shape index (κ1) is 15.3. The van der Waals surface area contributed by atoms with Gasteiger partial charge in [0.15, 0.2) is 8.32 Å². The molecule has 15 heavy (non-hydrogen) atoms. The van der Waals surface area contributed by atoms with E-state index in [0.29, 0.717) is 25.6 Å². The molecule has 0 aliphatic carbocycles. The minimum atomic E-state index is -2.93. The lowest BCUT2D eigenvalue weighted by atomic mass is 10.9. The van der Waals surface area contributed by atoms with Gasteiger partial charge in [-0.05, 0) is 33.9 Å². The van der Waals surface area contributed by atoms with Crippen LogP contribution < -0.4 is 0 Å². The Hall–Kier alpha value is 0.327. The van der Waals surface area contributed by atoms with E-state index < -0.39 is 15.9 Å². The summed E-state index contributed by atoms with van der Waals surface area (Å²) in [7, 11) is -4.86. The average Bonchev–Trinajstić information content (AvgIpc) is 2.02. The van der Waals surface area contributed by atoms with E-state index in [9.17, 15) is 4.57 Å². The summed E-state index contributed by atoms with van der Waals surface area (Å²) in [5.41, 5.74) is 0. The Bertz CT molecular complexity index is 210. The molecule has 0 saturated carbocycles. The van der Waals surface area contributed by atoms with Gasteiger partial charge in [0.1, 0.15) is 0 Å². The van der Waals surface area contributed by atoms with Gasteiger partial charge in [0, 0.05) is 6.61 Å². The van der Waals surface area contributed by atoms with Crippen molar-refractivity contribution >= 4 is 15.9 Å². The van der Waals surface area contributed by atoms with E-state index in [2.05, 4.69) is 0 Å². The lowest BCUT2D eigenvalue weighted by Gasteiger charge is -2.26. The Kier molecular flexibility index (Phi) is 6.96. The predicted molar refractivity (Wildman–Crippen MR) is 64.8 cm³/mol. The van der Waals surface area contributed by atoms with Crippen molar-refractivity contribution in [3.05, 3.63) is 0 Å². The van der Waals surface area contributed by atoms with E-state index in [-0.39, 0.29) is 0 Å². The molecule has 0 aromatic heterocycles. The van der Waals surface area contributed by atoms with Gasteiger partial charge in [-0.15, -0.1) is 0 Å². The van der Waals surface area contributed by atoms with Crippen LogP contribution in [0.2, 0.25) is 13.1 Å². The third-order valence-electron chi connectivity index (χ3n) is 1.76. The van der Waals surface area contributed by atoms with E-state index in [4.69, 9.17) is 13.5 Å². The van der Waals surface area contributed by atoms with Gasteiger partial charge in [-0.3, -0.25) is 4.57 Å². The number of hydrogen-bond donors (Lipinski definition) is 0. The molecular formula is C9H23O4PSi. The Morgan fingerprint density at radius 1 is 1.00 bits per heavy atom. The highest BCUT2D eigenvalue weighted by atomic mass is 31.2. The monoisotopic (exact) mass is 254 g/mol. The van der Waals surface area contributed by atoms with E-state index in [1.807, 2.05) is 33.9 Å². The minimum Gasteiger partial charge on any atom is -0.417 e. The summed E-state index contributed by atoms with van der Waals surface area (Å²) >= 11 is 0. The summed E-state index contributed by atoms with van der Waals surface area (Å²) < 4.78 is 28.3. The third kappa shape index (κ3) is 6.48. The fraction of sp³-hybridized carbons (Fsp3) is 1.00. The molecule has 0 saturated heterocycles. The smallest absolute Gasteiger partial charge is 0.330 e. The highest BCUT2D eigenvalue weighted by Gasteiger charge is 2.36. The van der Waals surface area contributed by atoms with Gasteiger partial charge in [-0.1, -0.05) is 0 Å². The number of hydrogen-bond acceptors (Lipinski definition) is 4. The predicted octanol–water partition coefficient (Wildman–Crippen LogP) is 3.03. The molecule has 0 radical (unpaired) electrons. The fourth-order valence-electron chi connectivity index (χ4n) is 1.42. The summed E-state index contributed by atoms with van der Waals surface area (Å²) in [5.74, 6) is 0.426. The van der Waals surface area contributed by atoms with Crippen molar-refractivity contribution in [2.45, 2.75) is 33.9 Å². The summed E-state index contributed by atoms with van der Waals surface area (Å²) in [6, 6.07) is 0. The normalized spacial score (nSPS) is 13.1. The molecule has 0 atom stereocenters. The van der Waals surface area contributed by atoms with Crippen molar-refractivity contribution in [3.8, 4) is 0 Å². The van der Waals surface area contributed by atoms with Gasteiger partial charge in [0.25, 0.3) is 0 Å². The van der Waals surface area contributed by atoms with Crippen molar-refractivity contribution in [2.24, 2.45) is 0 Å². The second-order valence-electron chi connectivity index (χ2n) is 3.80. The maximum atomic E-state index is 12.2. The van der Waals surface area contributed by atoms with Crippen LogP contribution in [-0.4, -0.2) is 33.9 Å². The molecule has 0 amide bonds. The Morgan fingerprint density at radius 3 is 1.80 bits per heavy atom. The molecule has 0 unspecified atom stereocenters. The third-order valence-corrected chi connectivity index (χ3v) is 8.73. The van der Waals surface area contributed by atoms with Gasteiger partial charge >= 0.3 is 7.60 Å². The second kappa shape index (κ2) is 6.81. The quantitative estimate of drug-likeness (QED) is 0.493. The highest BCUT2D eigenvalue weighted by molar-refractivity contribution is 7.56. The van der Waals surface area contributed by atoms with Crippen molar-refractivity contribution in [3.63, 3.8) is 0 Å². The van der Waals surface area contributed by atoms with Crippen LogP contribution in [0.5, 0.6) is 0 Å². The van der Waals surface area contributed by atoms with Crippen LogP contribution in [0.1, 0.15) is 20.8 Å². The van der Waals surface area contributed by atoms with Gasteiger partial charge < -0.3 is 13.5 Å². The Labute approximate surface area is 94.0 Å². The van der Waals surface area contributed by atoms with E-state index in [1.165, 1.54) is 0 Å². The molecule has 0 N–H and O–H groups in total. The largest absolute Gasteiger partial charge is 0.417 e. The lowest BCUT2D eigenvalue weighted by molar-refractivity contribution is 0.221. The van der Waals surface area contributed by atoms with Gasteiger partial charge in [0.05, 0.1) is 19.0 Å². The zero-order chi connectivity index (χ0) is 11.9. The number of rotatable bonds is 8. The second-order valence-corrected chi connectivity index (χ2v) is 10.6. The van der Waals surface area contributed by atoms with Gasteiger partial charge in [-0.2, -0.15) is 0 Å². The molecule has 0 aliphatic rings. The molecule has 4 nitrogen and oxygen atoms in total. The maximum absolute atomic E-state index is 12.2. The van der Waals surface area contributed by atoms with Gasteiger partial charge in [-0.25, -0.2) is 0 Å². The molecular weight excluding hydrogens is 231 g/mol. The van der Waals surface area contributed by atoms with Crippen LogP contribution >= 0.6 is 7.60 Å². The molecule has 6 heteroatoms. The van der Waals surface area contributed by atoms with Crippen LogP contribution in [0.15, 0.2) is 0 Å². The van der Waals surface area contributed by atoms with Crippen LogP contribution in [0.25, 0.3) is 0 Å². The first-order chi connectivity index (χ1) is 6.89. The maximum Gasteiger partial charge on any atom is 0.330 e. The van der Waals surface area contributed by atoms with Crippen molar-refractivity contribution in [1.29, 1.82) is 0 Å². The summed E-state index contributed by atoms with van der Waals surface area (Å²) in [6.45, 7) is 11.1. The van der Waals surface area contributed by atoms with Crippen LogP contribution in [0.4, 0.5) is 0 Å². The van der Waals surface area contributed by atoms with Crippen molar-refractivity contribution < 1.29 is 18.0 Å². The van der Waals surface area contributed by atoms with Gasteiger partial charge in [0.2, 0.25) is 0 Å². The SMILES string of the molecule is CCO[Si](C)(C)CP(=O)(OCC)OCC. The van der Waals surface area contributed by atoms with Crippen molar-refractivity contribution in [1.82, 2.24) is 0 Å². The van der Waals surface area contributed by atoms with Crippen LogP contribution in [0.3, 0.4) is 0 Å². The molecule has 0 spiro atoms.